The monoisotopic (exact) mass is 232 g/mol. The first-order valence-electron chi connectivity index (χ1n) is 0. The van der Waals surface area contributed by atoms with Crippen molar-refractivity contribution in [1.82, 2.24) is 0 Å². The largest absolute Gasteiger partial charge is 0.412 e. The minimum Gasteiger partial charge on any atom is -0.412 e. The van der Waals surface area contributed by atoms with Crippen LogP contribution in [0.3, 0.4) is 0 Å². The fourth-order valence-corrected chi connectivity index (χ4v) is 0. The minimum absolute atomic E-state index is 0. The molecule has 0 fully saturated rings. The predicted octanol–water partition coefficient (Wildman–Crippen LogP) is -3.31. The maximum Gasteiger partial charge on any atom is 0 e. The van der Waals surface area contributed by atoms with Crippen LogP contribution in [0.25, 0.3) is 0 Å². The van der Waals surface area contributed by atoms with Crippen LogP contribution in [-0.2, 0) is 55.9 Å². The standard InChI is InChI=1S/2Fe.4H2O.Ti/h;;4*1H2;. The first kappa shape index (κ1) is 195. The van der Waals surface area contributed by atoms with Gasteiger partial charge >= 0.3 is 0 Å². The molecule has 0 rings (SSSR count). The molecule has 0 atom stereocenters. The SMILES string of the molecule is O.O.O.O.[Fe].[Fe].[Ti]. The summed E-state index contributed by atoms with van der Waals surface area (Å²) in [6.07, 6.45) is 0. The van der Waals surface area contributed by atoms with Crippen LogP contribution in [0.2, 0.25) is 0 Å². The Hall–Kier alpha value is 1.59. The van der Waals surface area contributed by atoms with E-state index in [1.54, 1.807) is 0 Å². The molecule has 0 radical (unpaired) electrons. The second-order valence-corrected chi connectivity index (χ2v) is 0. The zero-order valence-corrected chi connectivity index (χ0v) is 6.98. The fraction of sp³-hybridized carbons (Fsp3) is 0. The van der Waals surface area contributed by atoms with E-state index < -0.39 is 0 Å². The van der Waals surface area contributed by atoms with E-state index in [4.69, 9.17) is 0 Å². The number of hydrogen-bond donors (Lipinski definition) is 0. The van der Waals surface area contributed by atoms with Gasteiger partial charge in [-0.3, -0.25) is 0 Å². The van der Waals surface area contributed by atoms with E-state index in [2.05, 4.69) is 0 Å². The molecule has 0 aromatic rings. The maximum atomic E-state index is 0. The van der Waals surface area contributed by atoms with Crippen molar-refractivity contribution in [3.8, 4) is 0 Å². The molecule has 0 bridgehead atoms. The van der Waals surface area contributed by atoms with Gasteiger partial charge in [0, 0.05) is 55.9 Å². The third-order valence-electron chi connectivity index (χ3n) is 0. The van der Waals surface area contributed by atoms with E-state index in [-0.39, 0.29) is 77.8 Å². The van der Waals surface area contributed by atoms with Crippen LogP contribution in [-0.4, -0.2) is 21.9 Å². The summed E-state index contributed by atoms with van der Waals surface area (Å²) < 4.78 is 0. The van der Waals surface area contributed by atoms with E-state index in [9.17, 15) is 0 Å². The van der Waals surface area contributed by atoms with Crippen molar-refractivity contribution in [2.75, 3.05) is 0 Å². The summed E-state index contributed by atoms with van der Waals surface area (Å²) in [5.74, 6) is 0. The maximum absolute atomic E-state index is 0. The molecule has 0 aliphatic heterocycles. The number of hydrogen-bond acceptors (Lipinski definition) is 0. The summed E-state index contributed by atoms with van der Waals surface area (Å²) in [6.45, 7) is 0. The third kappa shape index (κ3) is 93.6. The van der Waals surface area contributed by atoms with Crippen molar-refractivity contribution in [2.24, 2.45) is 0 Å². The molecule has 0 aliphatic carbocycles. The summed E-state index contributed by atoms with van der Waals surface area (Å²) in [7, 11) is 0. The van der Waals surface area contributed by atoms with Gasteiger partial charge in [0.25, 0.3) is 0 Å². The van der Waals surface area contributed by atoms with Gasteiger partial charge < -0.3 is 21.9 Å². The molecular formula is H8Fe2O4Ti. The molecule has 8 N–H and O–H groups in total. The van der Waals surface area contributed by atoms with E-state index in [1.807, 2.05) is 0 Å². The van der Waals surface area contributed by atoms with Crippen LogP contribution in [0.1, 0.15) is 0 Å². The second kappa shape index (κ2) is 130. The Labute approximate surface area is 77.5 Å². The molecule has 4 nitrogen and oxygen atoms in total. The molecule has 0 aromatic heterocycles. The van der Waals surface area contributed by atoms with Gasteiger partial charge in [-0.05, 0) is 0 Å². The molecular weight excluding hydrogens is 224 g/mol. The predicted molar refractivity (Wildman–Crippen MR) is 14.5 cm³/mol. The minimum atomic E-state index is 0. The molecule has 52 valence electrons. The van der Waals surface area contributed by atoms with Crippen molar-refractivity contribution >= 4 is 0 Å². The molecule has 0 unspecified atom stereocenters. The Morgan fingerprint density at radius 3 is 0.429 bits per heavy atom. The Kier molecular flexibility index (Phi) is 3630. The van der Waals surface area contributed by atoms with Crippen molar-refractivity contribution in [3.63, 3.8) is 0 Å². The molecule has 7 heavy (non-hydrogen) atoms. The van der Waals surface area contributed by atoms with Gasteiger partial charge in [0.05, 0.1) is 0 Å². The summed E-state index contributed by atoms with van der Waals surface area (Å²) in [5, 5.41) is 0. The molecule has 0 aromatic carbocycles. The summed E-state index contributed by atoms with van der Waals surface area (Å²) in [6, 6.07) is 0. The van der Waals surface area contributed by atoms with E-state index in [0.717, 1.165) is 0 Å². The Morgan fingerprint density at radius 1 is 0.429 bits per heavy atom. The van der Waals surface area contributed by atoms with Crippen LogP contribution in [0.15, 0.2) is 0 Å². The van der Waals surface area contributed by atoms with Crippen LogP contribution in [0, 0.1) is 0 Å². The zero-order valence-electron chi connectivity index (χ0n) is 3.21. The molecule has 0 saturated carbocycles. The van der Waals surface area contributed by atoms with Crippen molar-refractivity contribution in [1.29, 1.82) is 0 Å². The Balaban J connectivity index is 0. The van der Waals surface area contributed by atoms with Crippen molar-refractivity contribution < 1.29 is 77.8 Å². The zero-order chi connectivity index (χ0) is 0. The van der Waals surface area contributed by atoms with Crippen LogP contribution in [0.4, 0.5) is 0 Å². The van der Waals surface area contributed by atoms with Gasteiger partial charge in [-0.1, -0.05) is 0 Å². The average molecular weight is 232 g/mol. The molecule has 0 amide bonds. The molecule has 0 heterocycles. The Bertz CT molecular complexity index is 9.65. The molecule has 0 aliphatic rings. The third-order valence-corrected chi connectivity index (χ3v) is 0. The summed E-state index contributed by atoms with van der Waals surface area (Å²) in [5.41, 5.74) is 0. The quantitative estimate of drug-likeness (QED) is 0.387. The van der Waals surface area contributed by atoms with E-state index in [0.29, 0.717) is 0 Å². The normalized spacial score (nSPS) is 0. The van der Waals surface area contributed by atoms with Gasteiger partial charge in [-0.25, -0.2) is 0 Å². The first-order chi connectivity index (χ1) is 0. The van der Waals surface area contributed by atoms with Gasteiger partial charge in [0.1, 0.15) is 0 Å². The average Bonchev–Trinajstić information content (AvgIpc) is 0. The second-order valence-electron chi connectivity index (χ2n) is 0. The number of rotatable bonds is 0. The molecule has 0 spiro atoms. The van der Waals surface area contributed by atoms with Gasteiger partial charge in [-0.15, -0.1) is 0 Å². The van der Waals surface area contributed by atoms with Crippen LogP contribution >= 0.6 is 0 Å². The Morgan fingerprint density at radius 2 is 0.429 bits per heavy atom. The van der Waals surface area contributed by atoms with Gasteiger partial charge in [0.2, 0.25) is 0 Å². The smallest absolute Gasteiger partial charge is 0 e. The van der Waals surface area contributed by atoms with Crippen LogP contribution < -0.4 is 0 Å². The van der Waals surface area contributed by atoms with E-state index in [1.165, 1.54) is 0 Å². The van der Waals surface area contributed by atoms with Crippen molar-refractivity contribution in [2.45, 2.75) is 0 Å². The van der Waals surface area contributed by atoms with E-state index >= 15 is 0 Å². The molecule has 7 heteroatoms. The fourth-order valence-electron chi connectivity index (χ4n) is 0. The summed E-state index contributed by atoms with van der Waals surface area (Å²) >= 11 is 0. The topological polar surface area (TPSA) is 126 Å². The van der Waals surface area contributed by atoms with Gasteiger partial charge in [-0.2, -0.15) is 0 Å². The van der Waals surface area contributed by atoms with Crippen LogP contribution in [0.5, 0.6) is 0 Å². The van der Waals surface area contributed by atoms with Crippen molar-refractivity contribution in [3.05, 3.63) is 0 Å². The first-order valence-corrected chi connectivity index (χ1v) is 0. The van der Waals surface area contributed by atoms with Gasteiger partial charge in [0.15, 0.2) is 0 Å². The molecule has 0 saturated heterocycles. The summed E-state index contributed by atoms with van der Waals surface area (Å²) in [4.78, 5) is 0.